The number of aromatic amines is 1. The third-order valence-electron chi connectivity index (χ3n) is 2.66. The van der Waals surface area contributed by atoms with Gasteiger partial charge in [0.1, 0.15) is 0 Å². The van der Waals surface area contributed by atoms with E-state index in [4.69, 9.17) is 17.0 Å². The van der Waals surface area contributed by atoms with Crippen molar-refractivity contribution in [2.75, 3.05) is 19.1 Å². The van der Waals surface area contributed by atoms with Crippen LogP contribution in [0.1, 0.15) is 13.0 Å². The summed E-state index contributed by atoms with van der Waals surface area (Å²) >= 11 is 5.29. The minimum Gasteiger partial charge on any atom is -0.481 e. The predicted octanol–water partition coefficient (Wildman–Crippen LogP) is 2.04. The second-order valence-corrected chi connectivity index (χ2v) is 5.98. The molecule has 18 heavy (non-hydrogen) atoms. The maximum atomic E-state index is 11.3. The molecule has 7 heteroatoms. The molecule has 2 atom stereocenters. The fourth-order valence-electron chi connectivity index (χ4n) is 1.92. The van der Waals surface area contributed by atoms with Crippen LogP contribution in [0.5, 0.6) is 5.88 Å². The van der Waals surface area contributed by atoms with Crippen molar-refractivity contribution >= 4 is 34.2 Å². The number of imidazole rings is 1. The van der Waals surface area contributed by atoms with Gasteiger partial charge in [-0.05, 0) is 25.2 Å². The lowest BCUT2D eigenvalue weighted by Crippen LogP contribution is -2.13. The number of H-pyrrole nitrogens is 1. The van der Waals surface area contributed by atoms with E-state index in [9.17, 15) is 4.21 Å². The van der Waals surface area contributed by atoms with E-state index in [1.165, 1.54) is 0 Å². The van der Waals surface area contributed by atoms with Crippen molar-refractivity contribution < 1.29 is 8.95 Å². The standard InChI is InChI=1S/C11H15N3O2S2/c1-7(6-18(3)15)14-10-8(12-11(14)17)4-5-9(13-10)16-2/h4-5,7H,6H2,1-3H3,(H,12,17). The third kappa shape index (κ3) is 2.46. The Morgan fingerprint density at radius 2 is 2.33 bits per heavy atom. The number of fused-ring (bicyclic) bond motifs is 1. The van der Waals surface area contributed by atoms with Gasteiger partial charge < -0.3 is 9.72 Å². The van der Waals surface area contributed by atoms with Crippen molar-refractivity contribution in [2.24, 2.45) is 0 Å². The van der Waals surface area contributed by atoms with Gasteiger partial charge in [0.2, 0.25) is 5.88 Å². The highest BCUT2D eigenvalue weighted by molar-refractivity contribution is 7.84. The summed E-state index contributed by atoms with van der Waals surface area (Å²) < 4.78 is 18.9. The maximum absolute atomic E-state index is 11.3. The molecule has 0 saturated carbocycles. The number of ether oxygens (including phenoxy) is 1. The van der Waals surface area contributed by atoms with Crippen molar-refractivity contribution in [1.82, 2.24) is 14.5 Å². The molecular weight excluding hydrogens is 270 g/mol. The average Bonchev–Trinajstić information content (AvgIpc) is 2.62. The summed E-state index contributed by atoms with van der Waals surface area (Å²) in [6, 6.07) is 3.68. The van der Waals surface area contributed by atoms with E-state index in [2.05, 4.69) is 9.97 Å². The number of aromatic nitrogens is 3. The molecule has 0 aliphatic carbocycles. The number of hydrogen-bond acceptors (Lipinski definition) is 4. The van der Waals surface area contributed by atoms with Crippen molar-refractivity contribution in [3.63, 3.8) is 0 Å². The van der Waals surface area contributed by atoms with Gasteiger partial charge in [-0.1, -0.05) is 0 Å². The smallest absolute Gasteiger partial charge is 0.215 e. The van der Waals surface area contributed by atoms with Crippen LogP contribution in [0.25, 0.3) is 11.2 Å². The molecule has 0 bridgehead atoms. The molecule has 2 aromatic heterocycles. The van der Waals surface area contributed by atoms with Crippen LogP contribution < -0.4 is 4.74 Å². The summed E-state index contributed by atoms with van der Waals surface area (Å²) in [6.45, 7) is 1.98. The summed E-state index contributed by atoms with van der Waals surface area (Å²) in [5.41, 5.74) is 1.59. The van der Waals surface area contributed by atoms with E-state index in [1.807, 2.05) is 17.6 Å². The summed E-state index contributed by atoms with van der Waals surface area (Å²) in [7, 11) is 0.695. The number of methoxy groups -OCH3 is 1. The first-order valence-electron chi connectivity index (χ1n) is 5.48. The van der Waals surface area contributed by atoms with Crippen molar-refractivity contribution in [3.8, 4) is 5.88 Å². The molecule has 0 radical (unpaired) electrons. The van der Waals surface area contributed by atoms with Crippen LogP contribution in [-0.4, -0.2) is 37.9 Å². The molecule has 1 N–H and O–H groups in total. The number of nitrogens with zero attached hydrogens (tertiary/aromatic N) is 2. The Labute approximate surface area is 113 Å². The van der Waals surface area contributed by atoms with Crippen LogP contribution in [0.15, 0.2) is 12.1 Å². The number of hydrogen-bond donors (Lipinski definition) is 1. The van der Waals surface area contributed by atoms with Crippen LogP contribution in [0.3, 0.4) is 0 Å². The van der Waals surface area contributed by atoms with Crippen LogP contribution in [-0.2, 0) is 10.8 Å². The molecule has 2 rings (SSSR count). The first kappa shape index (κ1) is 13.2. The molecule has 2 unspecified atom stereocenters. The van der Waals surface area contributed by atoms with Gasteiger partial charge in [-0.2, -0.15) is 4.98 Å². The zero-order valence-corrected chi connectivity index (χ0v) is 12.1. The molecule has 0 aliphatic rings. The predicted molar refractivity (Wildman–Crippen MR) is 75.1 cm³/mol. The molecule has 0 spiro atoms. The van der Waals surface area contributed by atoms with Gasteiger partial charge in [-0.25, -0.2) is 0 Å². The molecule has 0 fully saturated rings. The lowest BCUT2D eigenvalue weighted by atomic mass is 10.3. The summed E-state index contributed by atoms with van der Waals surface area (Å²) in [5.74, 6) is 1.08. The Morgan fingerprint density at radius 3 is 2.94 bits per heavy atom. The van der Waals surface area contributed by atoms with Gasteiger partial charge >= 0.3 is 0 Å². The summed E-state index contributed by atoms with van der Waals surface area (Å²) in [6.07, 6.45) is 1.68. The fourth-order valence-corrected chi connectivity index (χ4v) is 3.13. The number of pyridine rings is 1. The van der Waals surface area contributed by atoms with Crippen LogP contribution in [0, 0.1) is 4.77 Å². The Balaban J connectivity index is 2.57. The first-order valence-corrected chi connectivity index (χ1v) is 7.61. The molecule has 0 amide bonds. The Bertz CT molecular complexity index is 647. The molecule has 0 aliphatic heterocycles. The summed E-state index contributed by atoms with van der Waals surface area (Å²) in [4.78, 5) is 7.48. The van der Waals surface area contributed by atoms with E-state index in [0.717, 1.165) is 11.2 Å². The molecule has 2 heterocycles. The number of nitrogens with one attached hydrogen (secondary N) is 1. The van der Waals surface area contributed by atoms with Crippen LogP contribution in [0.4, 0.5) is 0 Å². The topological polar surface area (TPSA) is 59.9 Å². The molecule has 98 valence electrons. The molecule has 0 saturated heterocycles. The first-order chi connectivity index (χ1) is 8.52. The third-order valence-corrected chi connectivity index (χ3v) is 3.91. The maximum Gasteiger partial charge on any atom is 0.215 e. The van der Waals surface area contributed by atoms with Gasteiger partial charge in [0.05, 0.1) is 12.6 Å². The van der Waals surface area contributed by atoms with Crippen LogP contribution in [0.2, 0.25) is 0 Å². The molecule has 2 aromatic rings. The van der Waals surface area contributed by atoms with Crippen molar-refractivity contribution in [3.05, 3.63) is 16.9 Å². The fraction of sp³-hybridized carbons (Fsp3) is 0.455. The van der Waals surface area contributed by atoms with Gasteiger partial charge in [0, 0.05) is 34.9 Å². The van der Waals surface area contributed by atoms with Gasteiger partial charge in [-0.15, -0.1) is 0 Å². The van der Waals surface area contributed by atoms with Gasteiger partial charge in [0.15, 0.2) is 10.4 Å². The Kier molecular flexibility index (Phi) is 3.82. The number of rotatable bonds is 4. The van der Waals surface area contributed by atoms with Gasteiger partial charge in [0.25, 0.3) is 0 Å². The van der Waals surface area contributed by atoms with Crippen molar-refractivity contribution in [2.45, 2.75) is 13.0 Å². The zero-order valence-electron chi connectivity index (χ0n) is 10.5. The second-order valence-electron chi connectivity index (χ2n) is 4.11. The van der Waals surface area contributed by atoms with Gasteiger partial charge in [-0.3, -0.25) is 8.78 Å². The van der Waals surface area contributed by atoms with E-state index >= 15 is 0 Å². The van der Waals surface area contributed by atoms with E-state index in [-0.39, 0.29) is 6.04 Å². The van der Waals surface area contributed by atoms with E-state index in [1.54, 1.807) is 19.4 Å². The quantitative estimate of drug-likeness (QED) is 0.873. The Hall–Kier alpha value is -1.21. The lowest BCUT2D eigenvalue weighted by molar-refractivity contribution is 0.398. The second kappa shape index (κ2) is 5.19. The van der Waals surface area contributed by atoms with E-state index in [0.29, 0.717) is 16.4 Å². The molecule has 0 aromatic carbocycles. The SMILES string of the molecule is COc1ccc2[nH]c(=S)n(C(C)CS(C)=O)c2n1. The summed E-state index contributed by atoms with van der Waals surface area (Å²) in [5, 5.41) is 0. The molecule has 5 nitrogen and oxygen atoms in total. The zero-order chi connectivity index (χ0) is 13.3. The highest BCUT2D eigenvalue weighted by Gasteiger charge is 2.14. The normalized spacial score (nSPS) is 14.6. The largest absolute Gasteiger partial charge is 0.481 e. The highest BCUT2D eigenvalue weighted by Crippen LogP contribution is 2.20. The minimum absolute atomic E-state index is 0.0247. The van der Waals surface area contributed by atoms with Crippen molar-refractivity contribution in [1.29, 1.82) is 0 Å². The average molecular weight is 285 g/mol. The van der Waals surface area contributed by atoms with E-state index < -0.39 is 10.8 Å². The minimum atomic E-state index is -0.879. The molecular formula is C11H15N3O2S2. The Morgan fingerprint density at radius 1 is 1.61 bits per heavy atom. The highest BCUT2D eigenvalue weighted by atomic mass is 32.2. The monoisotopic (exact) mass is 285 g/mol. The lowest BCUT2D eigenvalue weighted by Gasteiger charge is -2.12. The van der Waals surface area contributed by atoms with Crippen LogP contribution >= 0.6 is 12.2 Å².